The molecule has 0 radical (unpaired) electrons. The number of nitrogens with zero attached hydrogens (tertiary/aromatic N) is 2. The number of hydrogen-bond donors (Lipinski definition) is 2. The number of aromatic carboxylic acids is 1. The molecule has 104 valence electrons. The van der Waals surface area contributed by atoms with E-state index in [0.717, 1.165) is 5.41 Å². The second-order valence-corrected chi connectivity index (χ2v) is 6.38. The summed E-state index contributed by atoms with van der Waals surface area (Å²) in [7, 11) is -3.20. The van der Waals surface area contributed by atoms with Gasteiger partial charge in [-0.15, -0.1) is 0 Å². The lowest BCUT2D eigenvalue weighted by atomic mass is 10.3. The predicted molar refractivity (Wildman–Crippen MR) is 72.5 cm³/mol. The van der Waals surface area contributed by atoms with Gasteiger partial charge < -0.3 is 10.4 Å². The summed E-state index contributed by atoms with van der Waals surface area (Å²) in [6, 6.07) is 4.66. The maximum atomic E-state index is 11.4. The molecular weight excluding hydrogens is 282 g/mol. The Balaban J connectivity index is 2.02. The quantitative estimate of drug-likeness (QED) is 0.866. The molecule has 1 unspecified atom stereocenters. The summed E-state index contributed by atoms with van der Waals surface area (Å²) in [5.74, 6) is -1.06. The van der Waals surface area contributed by atoms with E-state index in [0.29, 0.717) is 5.65 Å². The highest BCUT2D eigenvalue weighted by Gasteiger charge is 2.25. The molecule has 3 heterocycles. The van der Waals surface area contributed by atoms with E-state index in [1.807, 2.05) is 0 Å². The average Bonchev–Trinajstić information content (AvgIpc) is 2.89. The number of nitrogens with one attached hydrogen (secondary N) is 1. The number of pyridine rings is 1. The minimum Gasteiger partial charge on any atom is -0.476 e. The monoisotopic (exact) mass is 293 g/mol. The molecule has 0 spiro atoms. The molecule has 1 aliphatic heterocycles. The van der Waals surface area contributed by atoms with Gasteiger partial charge in [-0.25, -0.2) is 18.2 Å². The van der Waals surface area contributed by atoms with Crippen LogP contribution in [0.3, 0.4) is 0 Å². The number of carbonyl (C=O) groups is 1. The SMILES string of the molecule is O=C(O)c1c(NC2C=CS(=O)(=O)C2)nc2ccccn12. The van der Waals surface area contributed by atoms with Gasteiger partial charge in [-0.2, -0.15) is 0 Å². The zero-order chi connectivity index (χ0) is 14.3. The third-order valence-electron chi connectivity index (χ3n) is 2.98. The first-order chi connectivity index (χ1) is 9.46. The van der Waals surface area contributed by atoms with Gasteiger partial charge in [0.15, 0.2) is 21.3 Å². The molecule has 0 saturated heterocycles. The molecule has 1 atom stereocenters. The third-order valence-corrected chi connectivity index (χ3v) is 4.38. The van der Waals surface area contributed by atoms with E-state index < -0.39 is 21.8 Å². The smallest absolute Gasteiger partial charge is 0.356 e. The lowest BCUT2D eigenvalue weighted by Crippen LogP contribution is -2.22. The number of anilines is 1. The van der Waals surface area contributed by atoms with Crippen LogP contribution in [0.15, 0.2) is 35.9 Å². The molecule has 7 nitrogen and oxygen atoms in total. The highest BCUT2D eigenvalue weighted by atomic mass is 32.2. The molecule has 0 aromatic carbocycles. The van der Waals surface area contributed by atoms with Crippen molar-refractivity contribution in [2.75, 3.05) is 11.1 Å². The van der Waals surface area contributed by atoms with Gasteiger partial charge in [0, 0.05) is 11.6 Å². The van der Waals surface area contributed by atoms with Crippen LogP contribution in [0.4, 0.5) is 5.82 Å². The summed E-state index contributed by atoms with van der Waals surface area (Å²) < 4.78 is 24.1. The van der Waals surface area contributed by atoms with Crippen LogP contribution in [-0.4, -0.2) is 40.7 Å². The number of imidazole rings is 1. The van der Waals surface area contributed by atoms with E-state index in [2.05, 4.69) is 10.3 Å². The molecular formula is C12H11N3O4S. The number of fused-ring (bicyclic) bond motifs is 1. The number of carboxylic acids is 1. The maximum Gasteiger partial charge on any atom is 0.356 e. The summed E-state index contributed by atoms with van der Waals surface area (Å²) in [4.78, 5) is 15.5. The Bertz CT molecular complexity index is 822. The Labute approximate surface area is 114 Å². The van der Waals surface area contributed by atoms with Crippen molar-refractivity contribution in [3.05, 3.63) is 41.6 Å². The summed E-state index contributed by atoms with van der Waals surface area (Å²) in [6.07, 6.45) is 3.09. The van der Waals surface area contributed by atoms with E-state index in [1.54, 1.807) is 24.4 Å². The first-order valence-electron chi connectivity index (χ1n) is 5.84. The van der Waals surface area contributed by atoms with E-state index >= 15 is 0 Å². The Morgan fingerprint density at radius 2 is 2.25 bits per heavy atom. The second-order valence-electron chi connectivity index (χ2n) is 4.45. The third kappa shape index (κ3) is 2.14. The summed E-state index contributed by atoms with van der Waals surface area (Å²) >= 11 is 0. The van der Waals surface area contributed by atoms with Crippen LogP contribution in [0.2, 0.25) is 0 Å². The molecule has 2 N–H and O–H groups in total. The lowest BCUT2D eigenvalue weighted by molar-refractivity contribution is 0.0690. The van der Waals surface area contributed by atoms with Gasteiger partial charge in [-0.1, -0.05) is 6.07 Å². The minimum absolute atomic E-state index is 0.0155. The van der Waals surface area contributed by atoms with E-state index in [4.69, 9.17) is 0 Å². The first kappa shape index (κ1) is 12.7. The molecule has 0 amide bonds. The van der Waals surface area contributed by atoms with Crippen LogP contribution in [0.25, 0.3) is 5.65 Å². The van der Waals surface area contributed by atoms with Gasteiger partial charge in [0.1, 0.15) is 5.65 Å². The van der Waals surface area contributed by atoms with Crippen LogP contribution in [0.5, 0.6) is 0 Å². The maximum absolute atomic E-state index is 11.4. The Hall–Kier alpha value is -2.35. The molecule has 0 bridgehead atoms. The van der Waals surface area contributed by atoms with E-state index in [-0.39, 0.29) is 17.3 Å². The van der Waals surface area contributed by atoms with Crippen molar-refractivity contribution >= 4 is 27.3 Å². The highest BCUT2D eigenvalue weighted by Crippen LogP contribution is 2.20. The van der Waals surface area contributed by atoms with E-state index in [9.17, 15) is 18.3 Å². The number of carboxylic acid groups (broad SMARTS) is 1. The zero-order valence-electron chi connectivity index (χ0n) is 10.2. The fraction of sp³-hybridized carbons (Fsp3) is 0.167. The largest absolute Gasteiger partial charge is 0.476 e. The van der Waals surface area contributed by atoms with Crippen molar-refractivity contribution in [1.82, 2.24) is 9.38 Å². The van der Waals surface area contributed by atoms with Gasteiger partial charge in [0.05, 0.1) is 11.8 Å². The molecule has 1 aliphatic rings. The Morgan fingerprint density at radius 1 is 1.45 bits per heavy atom. The van der Waals surface area contributed by atoms with Gasteiger partial charge >= 0.3 is 5.97 Å². The van der Waals surface area contributed by atoms with Crippen molar-refractivity contribution in [1.29, 1.82) is 0 Å². The van der Waals surface area contributed by atoms with Gasteiger partial charge in [0.25, 0.3) is 0 Å². The standard InChI is InChI=1S/C12H11N3O4S/c16-12(17)10-11(13-8-4-6-20(18,19)7-8)14-9-3-1-2-5-15(9)10/h1-6,8,13H,7H2,(H,16,17). The molecule has 0 saturated carbocycles. The zero-order valence-corrected chi connectivity index (χ0v) is 11.0. The number of aromatic nitrogens is 2. The van der Waals surface area contributed by atoms with Crippen LogP contribution in [-0.2, 0) is 9.84 Å². The molecule has 2 aromatic rings. The normalized spacial score (nSPS) is 20.3. The van der Waals surface area contributed by atoms with Gasteiger partial charge in [-0.05, 0) is 18.2 Å². The number of rotatable bonds is 3. The minimum atomic E-state index is -3.20. The number of sulfone groups is 1. The first-order valence-corrected chi connectivity index (χ1v) is 7.56. The van der Waals surface area contributed by atoms with Crippen LogP contribution in [0, 0.1) is 0 Å². The predicted octanol–water partition coefficient (Wildman–Crippen LogP) is 0.755. The van der Waals surface area contributed by atoms with Crippen LogP contribution < -0.4 is 5.32 Å². The molecule has 2 aromatic heterocycles. The summed E-state index contributed by atoms with van der Waals surface area (Å²) in [5, 5.41) is 13.3. The van der Waals surface area contributed by atoms with Crippen LogP contribution >= 0.6 is 0 Å². The van der Waals surface area contributed by atoms with Crippen LogP contribution in [0.1, 0.15) is 10.5 Å². The summed E-state index contributed by atoms with van der Waals surface area (Å²) in [5.41, 5.74) is 0.468. The fourth-order valence-electron chi connectivity index (χ4n) is 2.14. The highest BCUT2D eigenvalue weighted by molar-refractivity contribution is 7.94. The average molecular weight is 293 g/mol. The topological polar surface area (TPSA) is 101 Å². The molecule has 0 fully saturated rings. The van der Waals surface area contributed by atoms with Crippen molar-refractivity contribution in [2.24, 2.45) is 0 Å². The molecule has 3 rings (SSSR count). The second kappa shape index (κ2) is 4.34. The molecule has 8 heteroatoms. The molecule has 0 aliphatic carbocycles. The fourth-order valence-corrected chi connectivity index (χ4v) is 3.38. The Morgan fingerprint density at radius 3 is 2.90 bits per heavy atom. The van der Waals surface area contributed by atoms with Gasteiger partial charge in [0.2, 0.25) is 0 Å². The van der Waals surface area contributed by atoms with Crippen molar-refractivity contribution < 1.29 is 18.3 Å². The van der Waals surface area contributed by atoms with Crippen molar-refractivity contribution in [3.8, 4) is 0 Å². The number of hydrogen-bond acceptors (Lipinski definition) is 5. The lowest BCUT2D eigenvalue weighted by Gasteiger charge is -2.09. The summed E-state index contributed by atoms with van der Waals surface area (Å²) in [6.45, 7) is 0. The van der Waals surface area contributed by atoms with Crippen molar-refractivity contribution in [3.63, 3.8) is 0 Å². The van der Waals surface area contributed by atoms with Gasteiger partial charge in [-0.3, -0.25) is 4.40 Å². The van der Waals surface area contributed by atoms with E-state index in [1.165, 1.54) is 10.5 Å². The molecule has 20 heavy (non-hydrogen) atoms. The Kier molecular flexibility index (Phi) is 2.75. The van der Waals surface area contributed by atoms with Crippen molar-refractivity contribution in [2.45, 2.75) is 6.04 Å².